The van der Waals surface area contributed by atoms with E-state index < -0.39 is 6.04 Å². The molecule has 2 heterocycles. The van der Waals surface area contributed by atoms with E-state index in [-0.39, 0.29) is 17.4 Å². The quantitative estimate of drug-likeness (QED) is 0.736. The molecular formula is C20H26N6O2. The van der Waals surface area contributed by atoms with Gasteiger partial charge in [-0.2, -0.15) is 0 Å². The van der Waals surface area contributed by atoms with Gasteiger partial charge in [-0.05, 0) is 57.9 Å². The van der Waals surface area contributed by atoms with Crippen LogP contribution >= 0.6 is 0 Å². The van der Waals surface area contributed by atoms with Gasteiger partial charge in [-0.15, -0.1) is 5.10 Å². The van der Waals surface area contributed by atoms with Gasteiger partial charge in [0.25, 0.3) is 5.91 Å². The molecule has 3 rings (SSSR count). The van der Waals surface area contributed by atoms with Gasteiger partial charge in [-0.3, -0.25) is 9.59 Å². The van der Waals surface area contributed by atoms with E-state index in [1.165, 1.54) is 0 Å². The molecule has 1 unspecified atom stereocenters. The molecule has 3 N–H and O–H groups in total. The minimum Gasteiger partial charge on any atom is -0.379 e. The van der Waals surface area contributed by atoms with Crippen molar-refractivity contribution in [3.05, 3.63) is 54.0 Å². The lowest BCUT2D eigenvalue weighted by atomic mass is 10.0. The molecule has 0 aliphatic carbocycles. The number of nitrogens with zero attached hydrogens (tertiary/aromatic N) is 3. The number of carbonyl (C=O) groups excluding carboxylic acids is 2. The van der Waals surface area contributed by atoms with E-state index in [2.05, 4.69) is 53.6 Å². The molecule has 148 valence electrons. The zero-order valence-electron chi connectivity index (χ0n) is 16.5. The number of piperidine rings is 1. The van der Waals surface area contributed by atoms with Crippen LogP contribution in [0.2, 0.25) is 0 Å². The third kappa shape index (κ3) is 4.76. The Morgan fingerprint density at radius 3 is 2.64 bits per heavy atom. The summed E-state index contributed by atoms with van der Waals surface area (Å²) in [5.74, 6) is -0.487. The summed E-state index contributed by atoms with van der Waals surface area (Å²) in [5, 5.41) is 17.0. The van der Waals surface area contributed by atoms with Gasteiger partial charge in [-0.1, -0.05) is 11.8 Å². The second-order valence-corrected chi connectivity index (χ2v) is 7.91. The summed E-state index contributed by atoms with van der Waals surface area (Å²) in [6.07, 6.45) is 3.14. The number of benzene rings is 1. The van der Waals surface area contributed by atoms with Gasteiger partial charge < -0.3 is 16.0 Å². The number of amides is 2. The highest BCUT2D eigenvalue weighted by Crippen LogP contribution is 2.15. The molecule has 2 amide bonds. The Labute approximate surface area is 164 Å². The van der Waals surface area contributed by atoms with Crippen molar-refractivity contribution in [1.82, 2.24) is 25.6 Å². The number of hydrogen-bond donors (Lipinski definition) is 3. The van der Waals surface area contributed by atoms with Crippen LogP contribution < -0.4 is 16.0 Å². The maximum atomic E-state index is 12.4. The Kier molecular flexibility index (Phi) is 5.48. The van der Waals surface area contributed by atoms with Gasteiger partial charge in [0, 0.05) is 16.9 Å². The number of hydrogen-bond acceptors (Lipinski definition) is 5. The molecule has 2 aromatic rings. The van der Waals surface area contributed by atoms with Crippen LogP contribution in [-0.4, -0.2) is 32.9 Å². The zero-order chi connectivity index (χ0) is 20.3. The SMILES string of the molecule is C=C1CCC(NC(=O)c2ccc(NCc3cn(C(C)(C)C)nn3)cc2)C(=O)N1. The average Bonchev–Trinajstić information content (AvgIpc) is 3.12. The first-order valence-corrected chi connectivity index (χ1v) is 9.27. The highest BCUT2D eigenvalue weighted by atomic mass is 16.2. The predicted molar refractivity (Wildman–Crippen MR) is 107 cm³/mol. The fourth-order valence-corrected chi connectivity index (χ4v) is 2.79. The number of anilines is 1. The van der Waals surface area contributed by atoms with E-state index in [1.54, 1.807) is 12.1 Å². The highest BCUT2D eigenvalue weighted by Gasteiger charge is 2.25. The summed E-state index contributed by atoms with van der Waals surface area (Å²) in [5.41, 5.74) is 2.79. The van der Waals surface area contributed by atoms with Crippen molar-refractivity contribution in [3.8, 4) is 0 Å². The number of rotatable bonds is 5. The molecule has 1 saturated heterocycles. The Balaban J connectivity index is 1.54. The summed E-state index contributed by atoms with van der Waals surface area (Å²) in [4.78, 5) is 24.3. The van der Waals surface area contributed by atoms with Crippen LogP contribution in [0.5, 0.6) is 0 Å². The van der Waals surface area contributed by atoms with Crippen molar-refractivity contribution in [2.45, 2.75) is 51.7 Å². The number of nitrogens with one attached hydrogen (secondary N) is 3. The number of carbonyl (C=O) groups is 2. The van der Waals surface area contributed by atoms with Gasteiger partial charge in [-0.25, -0.2) is 4.68 Å². The summed E-state index contributed by atoms with van der Waals surface area (Å²) >= 11 is 0. The van der Waals surface area contributed by atoms with Crippen molar-refractivity contribution < 1.29 is 9.59 Å². The molecule has 1 aliphatic rings. The van der Waals surface area contributed by atoms with Crippen LogP contribution in [0, 0.1) is 0 Å². The number of aromatic nitrogens is 3. The molecule has 28 heavy (non-hydrogen) atoms. The lowest BCUT2D eigenvalue weighted by molar-refractivity contribution is -0.123. The third-order valence-electron chi connectivity index (χ3n) is 4.51. The van der Waals surface area contributed by atoms with E-state index >= 15 is 0 Å². The van der Waals surface area contributed by atoms with Crippen LogP contribution in [0.25, 0.3) is 0 Å². The average molecular weight is 382 g/mol. The van der Waals surface area contributed by atoms with Crippen LogP contribution in [0.4, 0.5) is 5.69 Å². The Bertz CT molecular complexity index is 879. The summed E-state index contributed by atoms with van der Waals surface area (Å²) in [6, 6.07) is 6.57. The van der Waals surface area contributed by atoms with E-state index in [1.807, 2.05) is 23.0 Å². The van der Waals surface area contributed by atoms with E-state index in [9.17, 15) is 9.59 Å². The summed E-state index contributed by atoms with van der Waals surface area (Å²) in [6.45, 7) is 10.5. The Morgan fingerprint density at radius 1 is 1.32 bits per heavy atom. The van der Waals surface area contributed by atoms with E-state index in [0.29, 0.717) is 30.6 Å². The molecule has 1 atom stereocenters. The van der Waals surface area contributed by atoms with Crippen molar-refractivity contribution >= 4 is 17.5 Å². The zero-order valence-corrected chi connectivity index (χ0v) is 16.5. The maximum absolute atomic E-state index is 12.4. The van der Waals surface area contributed by atoms with E-state index in [4.69, 9.17) is 0 Å². The molecular weight excluding hydrogens is 356 g/mol. The molecule has 1 fully saturated rings. The van der Waals surface area contributed by atoms with Gasteiger partial charge >= 0.3 is 0 Å². The molecule has 0 spiro atoms. The first-order chi connectivity index (χ1) is 13.2. The third-order valence-corrected chi connectivity index (χ3v) is 4.51. The maximum Gasteiger partial charge on any atom is 0.251 e. The van der Waals surface area contributed by atoms with Crippen molar-refractivity contribution in [2.24, 2.45) is 0 Å². The van der Waals surface area contributed by atoms with Crippen LogP contribution in [-0.2, 0) is 16.9 Å². The minimum absolute atomic E-state index is 0.108. The molecule has 0 bridgehead atoms. The fraction of sp³-hybridized carbons (Fsp3) is 0.400. The van der Waals surface area contributed by atoms with Crippen LogP contribution in [0.3, 0.4) is 0 Å². The molecule has 0 saturated carbocycles. The van der Waals surface area contributed by atoms with Crippen molar-refractivity contribution in [3.63, 3.8) is 0 Å². The second-order valence-electron chi connectivity index (χ2n) is 7.91. The second kappa shape index (κ2) is 7.84. The molecule has 1 aromatic carbocycles. The fourth-order valence-electron chi connectivity index (χ4n) is 2.79. The first-order valence-electron chi connectivity index (χ1n) is 9.27. The monoisotopic (exact) mass is 382 g/mol. The van der Waals surface area contributed by atoms with E-state index in [0.717, 1.165) is 11.4 Å². The Hall–Kier alpha value is -3.16. The van der Waals surface area contributed by atoms with Gasteiger partial charge in [0.15, 0.2) is 0 Å². The highest BCUT2D eigenvalue weighted by molar-refractivity contribution is 5.98. The molecule has 0 radical (unpaired) electrons. The summed E-state index contributed by atoms with van der Waals surface area (Å²) < 4.78 is 1.83. The topological polar surface area (TPSA) is 101 Å². The lowest BCUT2D eigenvalue weighted by Gasteiger charge is -2.24. The lowest BCUT2D eigenvalue weighted by Crippen LogP contribution is -2.49. The van der Waals surface area contributed by atoms with Crippen molar-refractivity contribution in [2.75, 3.05) is 5.32 Å². The molecule has 1 aromatic heterocycles. The van der Waals surface area contributed by atoms with Gasteiger partial charge in [0.1, 0.15) is 11.7 Å². The van der Waals surface area contributed by atoms with Gasteiger partial charge in [0.05, 0.1) is 18.3 Å². The first kappa shape index (κ1) is 19.6. The van der Waals surface area contributed by atoms with Crippen molar-refractivity contribution in [1.29, 1.82) is 0 Å². The van der Waals surface area contributed by atoms with Crippen LogP contribution in [0.15, 0.2) is 42.7 Å². The largest absolute Gasteiger partial charge is 0.379 e. The Morgan fingerprint density at radius 2 is 2.04 bits per heavy atom. The molecule has 8 heteroatoms. The molecule has 1 aliphatic heterocycles. The van der Waals surface area contributed by atoms with Gasteiger partial charge in [0.2, 0.25) is 5.91 Å². The van der Waals surface area contributed by atoms with Crippen LogP contribution in [0.1, 0.15) is 49.7 Å². The standard InChI is InChI=1S/C20H26N6O2/c1-13-5-10-17(19(28)22-13)23-18(27)14-6-8-15(9-7-14)21-11-16-12-26(25-24-16)20(2,3)4/h6-9,12,17,21H,1,5,10-11H2,2-4H3,(H,22,28)(H,23,27). The normalized spacial score (nSPS) is 17.2. The minimum atomic E-state index is -0.527. The number of allylic oxidation sites excluding steroid dienone is 1. The predicted octanol–water partition coefficient (Wildman–Crippen LogP) is 2.17. The smallest absolute Gasteiger partial charge is 0.251 e. The molecule has 8 nitrogen and oxygen atoms in total. The summed E-state index contributed by atoms with van der Waals surface area (Å²) in [7, 11) is 0.